The predicted molar refractivity (Wildman–Crippen MR) is 89.5 cm³/mol. The number of likely N-dealkylation sites (tertiary alicyclic amines) is 1. The molecular formula is C17H35N3O. The zero-order valence-corrected chi connectivity index (χ0v) is 14.3. The van der Waals surface area contributed by atoms with Crippen LogP contribution in [-0.4, -0.2) is 49.6 Å². The van der Waals surface area contributed by atoms with Gasteiger partial charge in [0, 0.05) is 6.04 Å². The fourth-order valence-corrected chi connectivity index (χ4v) is 2.99. The van der Waals surface area contributed by atoms with Crippen molar-refractivity contribution >= 4 is 5.91 Å². The Morgan fingerprint density at radius 2 is 1.95 bits per heavy atom. The smallest absolute Gasteiger partial charge is 0.234 e. The Morgan fingerprint density at radius 3 is 2.57 bits per heavy atom. The van der Waals surface area contributed by atoms with Gasteiger partial charge in [-0.2, -0.15) is 0 Å². The molecule has 21 heavy (non-hydrogen) atoms. The molecular weight excluding hydrogens is 262 g/mol. The van der Waals surface area contributed by atoms with Crippen LogP contribution in [0.2, 0.25) is 0 Å². The molecule has 0 saturated carbocycles. The van der Waals surface area contributed by atoms with Gasteiger partial charge < -0.3 is 10.6 Å². The van der Waals surface area contributed by atoms with Gasteiger partial charge in [0.2, 0.25) is 5.91 Å². The van der Waals surface area contributed by atoms with E-state index in [2.05, 4.69) is 36.3 Å². The van der Waals surface area contributed by atoms with Crippen LogP contribution in [0, 0.1) is 5.92 Å². The van der Waals surface area contributed by atoms with E-state index in [1.54, 1.807) is 0 Å². The van der Waals surface area contributed by atoms with Crippen LogP contribution in [0.15, 0.2) is 0 Å². The molecule has 1 unspecified atom stereocenters. The summed E-state index contributed by atoms with van der Waals surface area (Å²) in [4.78, 5) is 14.3. The molecule has 1 rings (SSSR count). The fourth-order valence-electron chi connectivity index (χ4n) is 2.99. The summed E-state index contributed by atoms with van der Waals surface area (Å²) < 4.78 is 0. The second-order valence-electron chi connectivity index (χ2n) is 6.49. The summed E-state index contributed by atoms with van der Waals surface area (Å²) in [6.45, 7) is 11.4. The molecule has 1 aliphatic heterocycles. The van der Waals surface area contributed by atoms with Crippen LogP contribution in [0.5, 0.6) is 0 Å². The number of nitrogens with one attached hydrogen (secondary N) is 2. The number of piperidine rings is 1. The highest BCUT2D eigenvalue weighted by atomic mass is 16.2. The van der Waals surface area contributed by atoms with Gasteiger partial charge in [0.25, 0.3) is 0 Å². The van der Waals surface area contributed by atoms with Crippen molar-refractivity contribution in [1.29, 1.82) is 0 Å². The lowest BCUT2D eigenvalue weighted by Crippen LogP contribution is -2.44. The number of hydrogen-bond donors (Lipinski definition) is 2. The van der Waals surface area contributed by atoms with Crippen LogP contribution in [-0.2, 0) is 4.79 Å². The lowest BCUT2D eigenvalue weighted by atomic mass is 9.97. The maximum Gasteiger partial charge on any atom is 0.234 e. The maximum absolute atomic E-state index is 12.0. The first-order valence-corrected chi connectivity index (χ1v) is 8.88. The van der Waals surface area contributed by atoms with Crippen molar-refractivity contribution in [3.05, 3.63) is 0 Å². The van der Waals surface area contributed by atoms with E-state index in [1.165, 1.54) is 32.1 Å². The number of amides is 1. The Bertz CT molecular complexity index is 275. The van der Waals surface area contributed by atoms with E-state index in [0.717, 1.165) is 38.5 Å². The summed E-state index contributed by atoms with van der Waals surface area (Å²) in [7, 11) is 0. The Balaban J connectivity index is 2.12. The molecule has 1 amide bonds. The molecule has 0 spiro atoms. The SMILES string of the molecule is CCCCCC(C)NC(=O)CN1CCC(CNCC)CC1. The summed E-state index contributed by atoms with van der Waals surface area (Å²) in [5, 5.41) is 6.56. The van der Waals surface area contributed by atoms with Gasteiger partial charge in [0.05, 0.1) is 6.54 Å². The minimum absolute atomic E-state index is 0.198. The van der Waals surface area contributed by atoms with E-state index in [4.69, 9.17) is 0 Å². The van der Waals surface area contributed by atoms with Gasteiger partial charge in [-0.25, -0.2) is 0 Å². The molecule has 1 saturated heterocycles. The molecule has 0 aromatic heterocycles. The first-order chi connectivity index (χ1) is 10.2. The number of carbonyl (C=O) groups excluding carboxylic acids is 1. The zero-order valence-electron chi connectivity index (χ0n) is 14.3. The van der Waals surface area contributed by atoms with Crippen LogP contribution in [0.1, 0.15) is 59.3 Å². The summed E-state index contributed by atoms with van der Waals surface area (Å²) in [6, 6.07) is 0.315. The molecule has 4 heteroatoms. The van der Waals surface area contributed by atoms with Crippen molar-refractivity contribution in [2.45, 2.75) is 65.3 Å². The molecule has 0 bridgehead atoms. The summed E-state index contributed by atoms with van der Waals surface area (Å²) in [6.07, 6.45) is 7.25. The molecule has 1 heterocycles. The van der Waals surface area contributed by atoms with Crippen molar-refractivity contribution in [3.63, 3.8) is 0 Å². The molecule has 4 nitrogen and oxygen atoms in total. The highest BCUT2D eigenvalue weighted by molar-refractivity contribution is 5.78. The van der Waals surface area contributed by atoms with Crippen LogP contribution < -0.4 is 10.6 Å². The average molecular weight is 297 g/mol. The van der Waals surface area contributed by atoms with E-state index >= 15 is 0 Å². The quantitative estimate of drug-likeness (QED) is 0.609. The topological polar surface area (TPSA) is 44.4 Å². The van der Waals surface area contributed by atoms with Gasteiger partial charge in [-0.3, -0.25) is 9.69 Å². The minimum Gasteiger partial charge on any atom is -0.353 e. The van der Waals surface area contributed by atoms with Crippen molar-refractivity contribution in [3.8, 4) is 0 Å². The Hall–Kier alpha value is -0.610. The number of rotatable bonds is 10. The molecule has 0 aliphatic carbocycles. The average Bonchev–Trinajstić information content (AvgIpc) is 2.46. The summed E-state index contributed by atoms with van der Waals surface area (Å²) in [5.74, 6) is 0.987. The number of nitrogens with zero attached hydrogens (tertiary/aromatic N) is 1. The zero-order chi connectivity index (χ0) is 15.5. The Kier molecular flexibility index (Phi) is 9.68. The van der Waals surface area contributed by atoms with Crippen LogP contribution in [0.25, 0.3) is 0 Å². The Labute approximate surface area is 131 Å². The highest BCUT2D eigenvalue weighted by Gasteiger charge is 2.20. The van der Waals surface area contributed by atoms with E-state index in [-0.39, 0.29) is 5.91 Å². The third-order valence-electron chi connectivity index (χ3n) is 4.41. The van der Waals surface area contributed by atoms with Gasteiger partial charge in [0.15, 0.2) is 0 Å². The van der Waals surface area contributed by atoms with Crippen molar-refractivity contribution in [1.82, 2.24) is 15.5 Å². The number of carbonyl (C=O) groups is 1. The lowest BCUT2D eigenvalue weighted by Gasteiger charge is -2.31. The van der Waals surface area contributed by atoms with Crippen LogP contribution in [0.3, 0.4) is 0 Å². The van der Waals surface area contributed by atoms with Crippen molar-refractivity contribution < 1.29 is 4.79 Å². The maximum atomic E-state index is 12.0. The van der Waals surface area contributed by atoms with Crippen molar-refractivity contribution in [2.75, 3.05) is 32.7 Å². The minimum atomic E-state index is 0.198. The largest absolute Gasteiger partial charge is 0.353 e. The normalized spacial score (nSPS) is 18.6. The van der Waals surface area contributed by atoms with Gasteiger partial charge in [-0.05, 0) is 58.3 Å². The van der Waals surface area contributed by atoms with Gasteiger partial charge in [-0.1, -0.05) is 33.1 Å². The molecule has 1 aliphatic rings. The first kappa shape index (κ1) is 18.4. The highest BCUT2D eigenvalue weighted by Crippen LogP contribution is 2.15. The van der Waals surface area contributed by atoms with Crippen LogP contribution in [0.4, 0.5) is 0 Å². The fraction of sp³-hybridized carbons (Fsp3) is 0.941. The van der Waals surface area contributed by atoms with Gasteiger partial charge in [-0.15, -0.1) is 0 Å². The van der Waals surface area contributed by atoms with E-state index in [9.17, 15) is 4.79 Å². The Morgan fingerprint density at radius 1 is 1.24 bits per heavy atom. The number of hydrogen-bond acceptors (Lipinski definition) is 3. The monoisotopic (exact) mass is 297 g/mol. The number of unbranched alkanes of at least 4 members (excludes halogenated alkanes) is 2. The van der Waals surface area contributed by atoms with Gasteiger partial charge in [0.1, 0.15) is 0 Å². The van der Waals surface area contributed by atoms with E-state index in [1.807, 2.05) is 0 Å². The summed E-state index contributed by atoms with van der Waals surface area (Å²) in [5.41, 5.74) is 0. The standard InChI is InChI=1S/C17H35N3O/c1-4-6-7-8-15(3)19-17(21)14-20-11-9-16(10-12-20)13-18-5-2/h15-16,18H,4-14H2,1-3H3,(H,19,21). The molecule has 1 atom stereocenters. The summed E-state index contributed by atoms with van der Waals surface area (Å²) >= 11 is 0. The molecule has 124 valence electrons. The molecule has 0 radical (unpaired) electrons. The molecule has 0 aromatic rings. The lowest BCUT2D eigenvalue weighted by molar-refractivity contribution is -0.123. The molecule has 1 fully saturated rings. The first-order valence-electron chi connectivity index (χ1n) is 8.88. The third-order valence-corrected chi connectivity index (χ3v) is 4.41. The third kappa shape index (κ3) is 8.42. The van der Waals surface area contributed by atoms with E-state index < -0.39 is 0 Å². The second kappa shape index (κ2) is 11.0. The molecule has 2 N–H and O–H groups in total. The van der Waals surface area contributed by atoms with Crippen molar-refractivity contribution in [2.24, 2.45) is 5.92 Å². The molecule has 0 aromatic carbocycles. The second-order valence-corrected chi connectivity index (χ2v) is 6.49. The van der Waals surface area contributed by atoms with Gasteiger partial charge >= 0.3 is 0 Å². The predicted octanol–water partition coefficient (Wildman–Crippen LogP) is 2.39. The van der Waals surface area contributed by atoms with Crippen LogP contribution >= 0.6 is 0 Å². The van der Waals surface area contributed by atoms with E-state index in [0.29, 0.717) is 12.6 Å².